The molecule has 0 bridgehead atoms. The standard InChI is InChI=1S/C39H30N2P.ClHO4/c1-6-18-30(19-7-1)37-38(31-20-8-2-9-21-31)41-39(40-37)35-28-16-17-29-36(35)42(32-22-10-3-11-23-32,33-24-12-4-13-25-33)34-26-14-5-15-27-34;2-1(3,4)5/h1-29H,(H,40,41);(H,2,3,4,5)/q+1;/p-1. The Labute approximate surface area is 276 Å². The molecule has 0 aliphatic rings. The second kappa shape index (κ2) is 14.2. The number of aromatic nitrogens is 2. The maximum Gasteiger partial charge on any atom is 0.145 e. The van der Waals surface area contributed by atoms with E-state index in [2.05, 4.69) is 175 Å². The highest BCUT2D eigenvalue weighted by Crippen LogP contribution is 2.56. The fraction of sp³-hybridized carbons (Fsp3) is 0. The molecule has 0 saturated heterocycles. The van der Waals surface area contributed by atoms with Crippen LogP contribution in [0, 0.1) is 10.2 Å². The normalized spacial score (nSPS) is 11.4. The third kappa shape index (κ3) is 7.09. The van der Waals surface area contributed by atoms with Crippen LogP contribution in [0.2, 0.25) is 0 Å². The van der Waals surface area contributed by atoms with Gasteiger partial charge in [0.15, 0.2) is 0 Å². The van der Waals surface area contributed by atoms with E-state index in [9.17, 15) is 0 Å². The molecule has 0 aliphatic heterocycles. The van der Waals surface area contributed by atoms with Gasteiger partial charge in [0.1, 0.15) is 34.3 Å². The number of hydrogen-bond acceptors (Lipinski definition) is 5. The average molecular weight is 657 g/mol. The Morgan fingerprint density at radius 3 is 1.26 bits per heavy atom. The lowest BCUT2D eigenvalue weighted by atomic mass is 10.1. The lowest BCUT2D eigenvalue weighted by molar-refractivity contribution is -2.00. The molecule has 47 heavy (non-hydrogen) atoms. The van der Waals surface area contributed by atoms with E-state index in [1.807, 2.05) is 6.07 Å². The summed E-state index contributed by atoms with van der Waals surface area (Å²) in [6, 6.07) is 62.8. The third-order valence-corrected chi connectivity index (χ3v) is 12.1. The number of H-pyrrole nitrogens is 1. The van der Waals surface area contributed by atoms with Crippen molar-refractivity contribution >= 4 is 28.5 Å². The lowest BCUT2D eigenvalue weighted by Crippen LogP contribution is -2.68. The minimum atomic E-state index is -4.94. The van der Waals surface area contributed by atoms with Gasteiger partial charge in [0.2, 0.25) is 0 Å². The Balaban J connectivity index is 0.000000720. The minimum Gasteiger partial charge on any atom is -0.337 e. The van der Waals surface area contributed by atoms with Gasteiger partial charge in [0, 0.05) is 11.1 Å². The molecule has 0 saturated carbocycles. The van der Waals surface area contributed by atoms with Crippen LogP contribution in [0.4, 0.5) is 0 Å². The van der Waals surface area contributed by atoms with E-state index in [0.717, 1.165) is 33.9 Å². The second-order valence-electron chi connectivity index (χ2n) is 10.6. The zero-order chi connectivity index (χ0) is 32.7. The van der Waals surface area contributed by atoms with Crippen molar-refractivity contribution in [3.63, 3.8) is 0 Å². The van der Waals surface area contributed by atoms with Crippen molar-refractivity contribution in [2.45, 2.75) is 0 Å². The van der Waals surface area contributed by atoms with Gasteiger partial charge in [-0.3, -0.25) is 0 Å². The van der Waals surface area contributed by atoms with E-state index in [0.29, 0.717) is 0 Å². The molecule has 0 spiro atoms. The largest absolute Gasteiger partial charge is 0.337 e. The van der Waals surface area contributed by atoms with Crippen LogP contribution < -0.4 is 39.9 Å². The Morgan fingerprint density at radius 1 is 0.447 bits per heavy atom. The van der Waals surface area contributed by atoms with Crippen molar-refractivity contribution in [2.75, 3.05) is 0 Å². The van der Waals surface area contributed by atoms with Gasteiger partial charge in [-0.05, 0) is 48.5 Å². The summed E-state index contributed by atoms with van der Waals surface area (Å²) in [5, 5.41) is 5.22. The van der Waals surface area contributed by atoms with Crippen molar-refractivity contribution in [2.24, 2.45) is 0 Å². The molecule has 7 rings (SSSR count). The van der Waals surface area contributed by atoms with E-state index < -0.39 is 17.5 Å². The fourth-order valence-corrected chi connectivity index (χ4v) is 10.3. The highest BCUT2D eigenvalue weighted by Gasteiger charge is 2.49. The van der Waals surface area contributed by atoms with E-state index in [1.54, 1.807) is 0 Å². The zero-order valence-corrected chi connectivity index (χ0v) is 26.8. The van der Waals surface area contributed by atoms with Gasteiger partial charge in [-0.1, -0.05) is 127 Å². The third-order valence-electron chi connectivity index (χ3n) is 7.76. The predicted molar refractivity (Wildman–Crippen MR) is 180 cm³/mol. The van der Waals surface area contributed by atoms with Crippen molar-refractivity contribution in [3.8, 4) is 33.9 Å². The maximum absolute atomic E-state index is 8.49. The molecule has 1 heterocycles. The molecule has 1 aromatic heterocycles. The summed E-state index contributed by atoms with van der Waals surface area (Å²) in [5.74, 6) is 0.871. The molecule has 0 radical (unpaired) electrons. The van der Waals surface area contributed by atoms with Crippen LogP contribution in [0.15, 0.2) is 176 Å². The number of halogens is 1. The maximum atomic E-state index is 8.49. The summed E-state index contributed by atoms with van der Waals surface area (Å²) < 4.78 is 34.0. The first kappa shape index (κ1) is 32.0. The van der Waals surface area contributed by atoms with E-state index in [-0.39, 0.29) is 0 Å². The zero-order valence-electron chi connectivity index (χ0n) is 25.1. The molecule has 0 amide bonds. The summed E-state index contributed by atoms with van der Waals surface area (Å²) in [6.07, 6.45) is 0. The first-order chi connectivity index (χ1) is 22.9. The highest BCUT2D eigenvalue weighted by atomic mass is 35.7. The molecule has 0 atom stereocenters. The Kier molecular flexibility index (Phi) is 9.71. The van der Waals surface area contributed by atoms with Gasteiger partial charge in [-0.25, -0.2) is 23.6 Å². The van der Waals surface area contributed by atoms with Crippen LogP contribution in [-0.2, 0) is 0 Å². The smallest absolute Gasteiger partial charge is 0.145 e. The molecule has 232 valence electrons. The molecular formula is C39H30ClN2O4P. The molecular weight excluding hydrogens is 627 g/mol. The highest BCUT2D eigenvalue weighted by molar-refractivity contribution is 8.01. The van der Waals surface area contributed by atoms with Crippen molar-refractivity contribution in [1.82, 2.24) is 9.97 Å². The number of imidazole rings is 1. The Morgan fingerprint density at radius 2 is 0.809 bits per heavy atom. The molecule has 1 N–H and O–H groups in total. The van der Waals surface area contributed by atoms with Crippen molar-refractivity contribution in [1.29, 1.82) is 0 Å². The van der Waals surface area contributed by atoms with E-state index >= 15 is 0 Å². The van der Waals surface area contributed by atoms with Crippen LogP contribution in [0.3, 0.4) is 0 Å². The summed E-state index contributed by atoms with van der Waals surface area (Å²) in [6.45, 7) is 0. The SMILES string of the molecule is [O-][Cl+3]([O-])([O-])[O-].c1ccc(-c2nc(-c3ccccc3[P+](c3ccccc3)(c3ccccc3)c3ccccc3)[nH]c2-c2ccccc2)cc1. The molecule has 6 nitrogen and oxygen atoms in total. The van der Waals surface area contributed by atoms with Gasteiger partial charge in [-0.2, -0.15) is 0 Å². The van der Waals surface area contributed by atoms with Gasteiger partial charge >= 0.3 is 0 Å². The van der Waals surface area contributed by atoms with E-state index in [4.69, 9.17) is 23.6 Å². The molecule has 7 aromatic rings. The number of benzene rings is 6. The number of nitrogens with zero attached hydrogens (tertiary/aromatic N) is 1. The first-order valence-corrected chi connectivity index (χ1v) is 17.9. The van der Waals surface area contributed by atoms with Gasteiger partial charge < -0.3 is 4.98 Å². The quantitative estimate of drug-likeness (QED) is 0.264. The van der Waals surface area contributed by atoms with Crippen LogP contribution in [-0.4, -0.2) is 9.97 Å². The molecule has 6 aromatic carbocycles. The molecule has 8 heteroatoms. The number of hydrogen-bond donors (Lipinski definition) is 1. The Bertz CT molecular complexity index is 1860. The van der Waals surface area contributed by atoms with Crippen LogP contribution in [0.25, 0.3) is 33.9 Å². The van der Waals surface area contributed by atoms with Crippen LogP contribution in [0.5, 0.6) is 0 Å². The fourth-order valence-electron chi connectivity index (χ4n) is 5.91. The molecule has 0 fully saturated rings. The predicted octanol–water partition coefficient (Wildman–Crippen LogP) is 3.27. The molecule has 0 aliphatic carbocycles. The van der Waals surface area contributed by atoms with Gasteiger partial charge in [0.05, 0.1) is 17.0 Å². The van der Waals surface area contributed by atoms with Crippen molar-refractivity contribution in [3.05, 3.63) is 176 Å². The topological polar surface area (TPSA) is 121 Å². The summed E-state index contributed by atoms with van der Waals surface area (Å²) in [5.41, 5.74) is 5.29. The average Bonchev–Trinajstić information content (AvgIpc) is 3.56. The Hall–Kier alpha value is -4.91. The molecule has 0 unspecified atom stereocenters. The summed E-state index contributed by atoms with van der Waals surface area (Å²) in [7, 11) is -7.26. The van der Waals surface area contributed by atoms with Crippen LogP contribution >= 0.6 is 7.26 Å². The van der Waals surface area contributed by atoms with Crippen LogP contribution in [0.1, 0.15) is 0 Å². The van der Waals surface area contributed by atoms with Gasteiger partial charge in [-0.15, -0.1) is 10.2 Å². The minimum absolute atomic E-state index is 0.871. The number of nitrogens with one attached hydrogen (secondary N) is 1. The van der Waals surface area contributed by atoms with E-state index in [1.165, 1.54) is 21.2 Å². The number of rotatable bonds is 7. The number of aromatic amines is 1. The monoisotopic (exact) mass is 656 g/mol. The second-order valence-corrected chi connectivity index (χ2v) is 14.7. The summed E-state index contributed by atoms with van der Waals surface area (Å²) in [4.78, 5) is 9.13. The first-order valence-electron chi connectivity index (χ1n) is 14.8. The summed E-state index contributed by atoms with van der Waals surface area (Å²) >= 11 is 0. The lowest BCUT2D eigenvalue weighted by Gasteiger charge is -2.29. The van der Waals surface area contributed by atoms with Crippen molar-refractivity contribution < 1.29 is 28.9 Å². The van der Waals surface area contributed by atoms with Gasteiger partial charge in [0.25, 0.3) is 0 Å².